The quantitative estimate of drug-likeness (QED) is 0.835. The average molecular weight is 281 g/mol. The molecule has 1 aromatic rings. The topological polar surface area (TPSA) is 49.3 Å². The lowest BCUT2D eigenvalue weighted by Gasteiger charge is -2.27. The number of carboxylic acids is 1. The van der Waals surface area contributed by atoms with E-state index in [2.05, 4.69) is 12.2 Å². The lowest BCUT2D eigenvalue weighted by Crippen LogP contribution is -2.26. The summed E-state index contributed by atoms with van der Waals surface area (Å²) in [5, 5.41) is 14.3. The Morgan fingerprint density at radius 1 is 1.37 bits per heavy atom. The standard InChI is InChI=1S/C15H23NO2S/c1-2-11-3-5-12(6-4-11)9-16-10-13-7-8-19-14(13)15(17)18/h7-8,11-12,16H,2-6,9-10H2,1H3,(H,17,18). The van der Waals surface area contributed by atoms with Crippen molar-refractivity contribution < 1.29 is 9.90 Å². The van der Waals surface area contributed by atoms with Crippen molar-refractivity contribution in [1.82, 2.24) is 5.32 Å². The van der Waals surface area contributed by atoms with Crippen molar-refractivity contribution in [2.24, 2.45) is 11.8 Å². The van der Waals surface area contributed by atoms with Gasteiger partial charge >= 0.3 is 5.97 Å². The van der Waals surface area contributed by atoms with Crippen LogP contribution >= 0.6 is 11.3 Å². The highest BCUT2D eigenvalue weighted by Gasteiger charge is 2.19. The molecule has 1 saturated carbocycles. The van der Waals surface area contributed by atoms with Gasteiger partial charge in [-0.15, -0.1) is 11.3 Å². The van der Waals surface area contributed by atoms with Gasteiger partial charge in [0.2, 0.25) is 0 Å². The molecular weight excluding hydrogens is 258 g/mol. The second-order valence-electron chi connectivity index (χ2n) is 5.51. The summed E-state index contributed by atoms with van der Waals surface area (Å²) in [7, 11) is 0. The van der Waals surface area contributed by atoms with Crippen LogP contribution in [-0.4, -0.2) is 17.6 Å². The molecule has 1 aliphatic carbocycles. The Morgan fingerprint density at radius 2 is 2.05 bits per heavy atom. The summed E-state index contributed by atoms with van der Waals surface area (Å²) in [6.07, 6.45) is 6.68. The largest absolute Gasteiger partial charge is 0.477 e. The van der Waals surface area contributed by atoms with Crippen molar-refractivity contribution in [1.29, 1.82) is 0 Å². The van der Waals surface area contributed by atoms with Crippen LogP contribution in [0.1, 0.15) is 54.3 Å². The molecule has 106 valence electrons. The molecular formula is C15H23NO2S. The van der Waals surface area contributed by atoms with Gasteiger partial charge in [-0.3, -0.25) is 0 Å². The lowest BCUT2D eigenvalue weighted by atomic mass is 9.81. The molecule has 0 aromatic carbocycles. The Labute approximate surface area is 119 Å². The molecule has 2 rings (SSSR count). The monoisotopic (exact) mass is 281 g/mol. The molecule has 0 atom stereocenters. The molecule has 4 heteroatoms. The maximum atomic E-state index is 11.0. The van der Waals surface area contributed by atoms with Crippen LogP contribution < -0.4 is 5.32 Å². The number of thiophene rings is 1. The Kier molecular flexibility index (Phi) is 5.40. The van der Waals surface area contributed by atoms with Crippen molar-refractivity contribution in [2.75, 3.05) is 6.54 Å². The number of rotatable bonds is 6. The van der Waals surface area contributed by atoms with E-state index in [-0.39, 0.29) is 0 Å². The minimum atomic E-state index is -0.810. The van der Waals surface area contributed by atoms with Gasteiger partial charge in [0.1, 0.15) is 4.88 Å². The van der Waals surface area contributed by atoms with Crippen molar-refractivity contribution in [3.05, 3.63) is 21.9 Å². The van der Waals surface area contributed by atoms with E-state index >= 15 is 0 Å². The number of carboxylic acid groups (broad SMARTS) is 1. The first-order valence-corrected chi connectivity index (χ1v) is 8.09. The molecule has 1 aromatic heterocycles. The smallest absolute Gasteiger partial charge is 0.346 e. The van der Waals surface area contributed by atoms with Gasteiger partial charge in [0, 0.05) is 6.54 Å². The van der Waals surface area contributed by atoms with Crippen LogP contribution in [0.3, 0.4) is 0 Å². The summed E-state index contributed by atoms with van der Waals surface area (Å²) >= 11 is 1.31. The molecule has 0 aliphatic heterocycles. The highest BCUT2D eigenvalue weighted by molar-refractivity contribution is 7.12. The molecule has 1 aliphatic rings. The van der Waals surface area contributed by atoms with Gasteiger partial charge in [0.05, 0.1) is 0 Å². The summed E-state index contributed by atoms with van der Waals surface area (Å²) in [5.74, 6) is 0.900. The third-order valence-electron chi connectivity index (χ3n) is 4.23. The number of carbonyl (C=O) groups is 1. The summed E-state index contributed by atoms with van der Waals surface area (Å²) < 4.78 is 0. The third-order valence-corrected chi connectivity index (χ3v) is 5.18. The maximum absolute atomic E-state index is 11.0. The Balaban J connectivity index is 1.72. The zero-order valence-corrected chi connectivity index (χ0v) is 12.3. The first kappa shape index (κ1) is 14.5. The van der Waals surface area contributed by atoms with E-state index in [1.54, 1.807) is 0 Å². The van der Waals surface area contributed by atoms with E-state index < -0.39 is 5.97 Å². The van der Waals surface area contributed by atoms with Crippen LogP contribution in [0.15, 0.2) is 11.4 Å². The zero-order valence-electron chi connectivity index (χ0n) is 11.5. The first-order chi connectivity index (χ1) is 9.20. The Hall–Kier alpha value is -0.870. The van der Waals surface area contributed by atoms with Gasteiger partial charge < -0.3 is 10.4 Å². The van der Waals surface area contributed by atoms with Crippen molar-refractivity contribution in [3.63, 3.8) is 0 Å². The fourth-order valence-corrected chi connectivity index (χ4v) is 3.68. The van der Waals surface area contributed by atoms with Crippen molar-refractivity contribution in [3.8, 4) is 0 Å². The molecule has 1 fully saturated rings. The molecule has 0 amide bonds. The van der Waals surface area contributed by atoms with Crippen LogP contribution in [0.4, 0.5) is 0 Å². The molecule has 0 bridgehead atoms. The number of aromatic carboxylic acids is 1. The second kappa shape index (κ2) is 7.06. The van der Waals surface area contributed by atoms with E-state index in [0.717, 1.165) is 23.9 Å². The minimum absolute atomic E-state index is 0.474. The molecule has 2 N–H and O–H groups in total. The fourth-order valence-electron chi connectivity index (χ4n) is 2.92. The first-order valence-electron chi connectivity index (χ1n) is 7.21. The Bertz CT molecular complexity index is 408. The number of hydrogen-bond donors (Lipinski definition) is 2. The van der Waals surface area contributed by atoms with Gasteiger partial charge in [-0.25, -0.2) is 4.79 Å². The van der Waals surface area contributed by atoms with E-state index in [9.17, 15) is 4.79 Å². The number of nitrogens with one attached hydrogen (secondary N) is 1. The van der Waals surface area contributed by atoms with E-state index in [4.69, 9.17) is 5.11 Å². The predicted molar refractivity (Wildman–Crippen MR) is 78.7 cm³/mol. The molecule has 1 heterocycles. The van der Waals surface area contributed by atoms with Crippen molar-refractivity contribution >= 4 is 17.3 Å². The van der Waals surface area contributed by atoms with Gasteiger partial charge in [-0.1, -0.05) is 26.2 Å². The molecule has 19 heavy (non-hydrogen) atoms. The highest BCUT2D eigenvalue weighted by Crippen LogP contribution is 2.30. The van der Waals surface area contributed by atoms with Gasteiger partial charge in [0.25, 0.3) is 0 Å². The van der Waals surface area contributed by atoms with E-state index in [1.807, 2.05) is 11.4 Å². The van der Waals surface area contributed by atoms with E-state index in [0.29, 0.717) is 11.4 Å². The van der Waals surface area contributed by atoms with Crippen LogP contribution in [0, 0.1) is 11.8 Å². The minimum Gasteiger partial charge on any atom is -0.477 e. The maximum Gasteiger partial charge on any atom is 0.346 e. The molecule has 3 nitrogen and oxygen atoms in total. The third kappa shape index (κ3) is 4.05. The van der Waals surface area contributed by atoms with Crippen molar-refractivity contribution in [2.45, 2.75) is 45.6 Å². The average Bonchev–Trinajstić information content (AvgIpc) is 2.88. The summed E-state index contributed by atoms with van der Waals surface area (Å²) in [5.41, 5.74) is 0.916. The zero-order chi connectivity index (χ0) is 13.7. The SMILES string of the molecule is CCC1CCC(CNCc2ccsc2C(=O)O)CC1. The fraction of sp³-hybridized carbons (Fsp3) is 0.667. The lowest BCUT2D eigenvalue weighted by molar-refractivity contribution is 0.0701. The second-order valence-corrected chi connectivity index (χ2v) is 6.42. The molecule has 0 saturated heterocycles. The summed E-state index contributed by atoms with van der Waals surface area (Å²) in [4.78, 5) is 11.5. The Morgan fingerprint density at radius 3 is 2.68 bits per heavy atom. The molecule has 0 spiro atoms. The summed E-state index contributed by atoms with van der Waals surface area (Å²) in [6, 6.07) is 1.91. The normalized spacial score (nSPS) is 23.4. The summed E-state index contributed by atoms with van der Waals surface area (Å²) in [6.45, 7) is 3.98. The predicted octanol–water partition coefficient (Wildman–Crippen LogP) is 3.75. The van der Waals surface area contributed by atoms with E-state index in [1.165, 1.54) is 43.4 Å². The van der Waals surface area contributed by atoms with Crippen LogP contribution in [0.5, 0.6) is 0 Å². The van der Waals surface area contributed by atoms with Gasteiger partial charge in [0.15, 0.2) is 0 Å². The molecule has 0 radical (unpaired) electrons. The number of hydrogen-bond acceptors (Lipinski definition) is 3. The van der Waals surface area contributed by atoms with Gasteiger partial charge in [-0.2, -0.15) is 0 Å². The van der Waals surface area contributed by atoms with Gasteiger partial charge in [-0.05, 0) is 48.2 Å². The van der Waals surface area contributed by atoms with Crippen LogP contribution in [0.2, 0.25) is 0 Å². The van der Waals surface area contributed by atoms with Crippen LogP contribution in [0.25, 0.3) is 0 Å². The highest BCUT2D eigenvalue weighted by atomic mass is 32.1. The molecule has 0 unspecified atom stereocenters. The van der Waals surface area contributed by atoms with Crippen LogP contribution in [-0.2, 0) is 6.54 Å².